The minimum absolute atomic E-state index is 0.131. The standard InChI is InChI=1S/C25H31N3O2/c1-28(2)22(17-21-9-6-8-20-7-4-5-10-24(20)21)18-27-25(29)26-16-15-19-11-13-23(30-3)14-12-19/h4-14,22H,15-18H2,1-3H3,(H2,26,27,29)/t22-/m0/s1. The Labute approximate surface area is 179 Å². The van der Waals surface area contributed by atoms with Crippen LogP contribution in [0.2, 0.25) is 0 Å². The zero-order valence-corrected chi connectivity index (χ0v) is 18.0. The van der Waals surface area contributed by atoms with Gasteiger partial charge in [0.25, 0.3) is 0 Å². The van der Waals surface area contributed by atoms with Crippen LogP contribution >= 0.6 is 0 Å². The monoisotopic (exact) mass is 405 g/mol. The van der Waals surface area contributed by atoms with E-state index in [0.29, 0.717) is 13.1 Å². The third-order valence-corrected chi connectivity index (χ3v) is 5.42. The molecule has 5 nitrogen and oxygen atoms in total. The smallest absolute Gasteiger partial charge is 0.314 e. The van der Waals surface area contributed by atoms with Crippen molar-refractivity contribution in [2.45, 2.75) is 18.9 Å². The first kappa shape index (κ1) is 21.7. The molecule has 0 radical (unpaired) electrons. The first-order chi connectivity index (χ1) is 14.6. The van der Waals surface area contributed by atoms with E-state index in [2.05, 4.69) is 72.1 Å². The van der Waals surface area contributed by atoms with Gasteiger partial charge >= 0.3 is 6.03 Å². The van der Waals surface area contributed by atoms with Crippen molar-refractivity contribution in [3.8, 4) is 5.75 Å². The highest BCUT2D eigenvalue weighted by molar-refractivity contribution is 5.85. The van der Waals surface area contributed by atoms with Crippen LogP contribution in [0.1, 0.15) is 11.1 Å². The highest BCUT2D eigenvalue weighted by Crippen LogP contribution is 2.20. The Morgan fingerprint density at radius 2 is 1.70 bits per heavy atom. The summed E-state index contributed by atoms with van der Waals surface area (Å²) in [5, 5.41) is 8.49. The van der Waals surface area contributed by atoms with Crippen LogP contribution in [0.3, 0.4) is 0 Å². The second-order valence-electron chi connectivity index (χ2n) is 7.69. The van der Waals surface area contributed by atoms with Crippen molar-refractivity contribution < 1.29 is 9.53 Å². The second kappa shape index (κ2) is 10.6. The Morgan fingerprint density at radius 1 is 0.967 bits per heavy atom. The number of hydrogen-bond donors (Lipinski definition) is 2. The number of ether oxygens (including phenoxy) is 1. The van der Waals surface area contributed by atoms with Crippen LogP contribution in [0.5, 0.6) is 5.75 Å². The van der Waals surface area contributed by atoms with Gasteiger partial charge in [0.05, 0.1) is 7.11 Å². The SMILES string of the molecule is COc1ccc(CCNC(=O)NC[C@H](Cc2cccc3ccccc23)N(C)C)cc1. The van der Waals surface area contributed by atoms with Crippen LogP contribution in [0.15, 0.2) is 66.7 Å². The van der Waals surface area contributed by atoms with E-state index in [-0.39, 0.29) is 12.1 Å². The van der Waals surface area contributed by atoms with Gasteiger partial charge in [-0.1, -0.05) is 54.6 Å². The van der Waals surface area contributed by atoms with Crippen molar-refractivity contribution in [3.05, 3.63) is 77.9 Å². The topological polar surface area (TPSA) is 53.6 Å². The maximum Gasteiger partial charge on any atom is 0.314 e. The van der Waals surface area contributed by atoms with Gasteiger partial charge in [-0.2, -0.15) is 0 Å². The molecule has 0 aliphatic heterocycles. The second-order valence-corrected chi connectivity index (χ2v) is 7.69. The number of fused-ring (bicyclic) bond motifs is 1. The van der Waals surface area contributed by atoms with E-state index < -0.39 is 0 Å². The van der Waals surface area contributed by atoms with Crippen LogP contribution in [-0.4, -0.2) is 51.3 Å². The number of urea groups is 1. The van der Waals surface area contributed by atoms with Gasteiger partial charge in [-0.3, -0.25) is 0 Å². The predicted octanol–water partition coefficient (Wildman–Crippen LogP) is 3.86. The van der Waals surface area contributed by atoms with Crippen LogP contribution in [-0.2, 0) is 12.8 Å². The van der Waals surface area contributed by atoms with Gasteiger partial charge in [0.2, 0.25) is 0 Å². The Hall–Kier alpha value is -3.05. The molecule has 2 amide bonds. The van der Waals surface area contributed by atoms with E-state index in [1.165, 1.54) is 21.9 Å². The highest BCUT2D eigenvalue weighted by Gasteiger charge is 2.15. The lowest BCUT2D eigenvalue weighted by atomic mass is 9.98. The Bertz CT molecular complexity index is 949. The van der Waals surface area contributed by atoms with Gasteiger partial charge in [0, 0.05) is 19.1 Å². The summed E-state index contributed by atoms with van der Waals surface area (Å²) in [6, 6.07) is 22.8. The van der Waals surface area contributed by atoms with Gasteiger partial charge in [-0.15, -0.1) is 0 Å². The number of nitrogens with one attached hydrogen (secondary N) is 2. The van der Waals surface area contributed by atoms with E-state index in [9.17, 15) is 4.79 Å². The summed E-state index contributed by atoms with van der Waals surface area (Å²) < 4.78 is 5.17. The summed E-state index contributed by atoms with van der Waals surface area (Å²) in [7, 11) is 5.76. The number of methoxy groups -OCH3 is 1. The van der Waals surface area contributed by atoms with E-state index in [0.717, 1.165) is 18.6 Å². The molecule has 0 heterocycles. The van der Waals surface area contributed by atoms with Crippen molar-refractivity contribution in [2.75, 3.05) is 34.3 Å². The number of likely N-dealkylation sites (N-methyl/N-ethyl adjacent to an activating group) is 1. The van der Waals surface area contributed by atoms with Gasteiger partial charge in [0.15, 0.2) is 0 Å². The van der Waals surface area contributed by atoms with E-state index in [4.69, 9.17) is 4.74 Å². The fourth-order valence-electron chi connectivity index (χ4n) is 3.55. The molecule has 2 N–H and O–H groups in total. The van der Waals surface area contributed by atoms with Crippen LogP contribution < -0.4 is 15.4 Å². The van der Waals surface area contributed by atoms with Crippen LogP contribution in [0.25, 0.3) is 10.8 Å². The summed E-state index contributed by atoms with van der Waals surface area (Å²) in [4.78, 5) is 14.4. The van der Waals surface area contributed by atoms with Crippen molar-refractivity contribution >= 4 is 16.8 Å². The Morgan fingerprint density at radius 3 is 2.43 bits per heavy atom. The number of nitrogens with zero attached hydrogens (tertiary/aromatic N) is 1. The zero-order chi connectivity index (χ0) is 21.3. The molecule has 0 aromatic heterocycles. The van der Waals surface area contributed by atoms with E-state index in [1.54, 1.807) is 7.11 Å². The maximum atomic E-state index is 12.3. The Balaban J connectivity index is 1.49. The zero-order valence-electron chi connectivity index (χ0n) is 18.0. The summed E-state index contributed by atoms with van der Waals surface area (Å²) in [5.74, 6) is 0.838. The molecule has 0 fully saturated rings. The average Bonchev–Trinajstić information content (AvgIpc) is 2.77. The molecule has 3 aromatic carbocycles. The normalized spacial score (nSPS) is 12.0. The summed E-state index contributed by atoms with van der Waals surface area (Å²) >= 11 is 0. The number of carbonyl (C=O) groups excluding carboxylic acids is 1. The van der Waals surface area contributed by atoms with Gasteiger partial charge < -0.3 is 20.3 Å². The molecule has 158 valence electrons. The van der Waals surface area contributed by atoms with Crippen LogP contribution in [0, 0.1) is 0 Å². The first-order valence-corrected chi connectivity index (χ1v) is 10.3. The van der Waals surface area contributed by atoms with Crippen molar-refractivity contribution in [3.63, 3.8) is 0 Å². The fourth-order valence-corrected chi connectivity index (χ4v) is 3.55. The predicted molar refractivity (Wildman–Crippen MR) is 123 cm³/mol. The molecule has 0 spiro atoms. The lowest BCUT2D eigenvalue weighted by molar-refractivity contribution is 0.232. The summed E-state index contributed by atoms with van der Waals surface area (Å²) in [6.45, 7) is 1.18. The molecule has 0 unspecified atom stereocenters. The average molecular weight is 406 g/mol. The molecule has 0 saturated heterocycles. The molecule has 3 rings (SSSR count). The van der Waals surface area contributed by atoms with Crippen molar-refractivity contribution in [1.82, 2.24) is 15.5 Å². The number of hydrogen-bond acceptors (Lipinski definition) is 3. The minimum atomic E-state index is -0.131. The van der Waals surface area contributed by atoms with Gasteiger partial charge in [-0.05, 0) is 61.0 Å². The quantitative estimate of drug-likeness (QED) is 0.568. The first-order valence-electron chi connectivity index (χ1n) is 10.3. The Kier molecular flexibility index (Phi) is 7.69. The van der Waals surface area contributed by atoms with Gasteiger partial charge in [0.1, 0.15) is 5.75 Å². The molecular formula is C25H31N3O2. The maximum absolute atomic E-state index is 12.3. The number of benzene rings is 3. The third kappa shape index (κ3) is 5.97. The van der Waals surface area contributed by atoms with Gasteiger partial charge in [-0.25, -0.2) is 4.79 Å². The molecule has 5 heteroatoms. The molecular weight excluding hydrogens is 374 g/mol. The van der Waals surface area contributed by atoms with Crippen molar-refractivity contribution in [1.29, 1.82) is 0 Å². The molecule has 1 atom stereocenters. The third-order valence-electron chi connectivity index (χ3n) is 5.42. The summed E-state index contributed by atoms with van der Waals surface area (Å²) in [5.41, 5.74) is 2.46. The molecule has 0 saturated carbocycles. The van der Waals surface area contributed by atoms with Crippen molar-refractivity contribution in [2.24, 2.45) is 0 Å². The fraction of sp³-hybridized carbons (Fsp3) is 0.320. The number of carbonyl (C=O) groups is 1. The highest BCUT2D eigenvalue weighted by atomic mass is 16.5. The van der Waals surface area contributed by atoms with E-state index in [1.807, 2.05) is 24.3 Å². The lowest BCUT2D eigenvalue weighted by Gasteiger charge is -2.25. The number of rotatable bonds is 9. The largest absolute Gasteiger partial charge is 0.497 e. The molecule has 3 aromatic rings. The lowest BCUT2D eigenvalue weighted by Crippen LogP contribution is -2.45. The molecule has 30 heavy (non-hydrogen) atoms. The van der Waals surface area contributed by atoms with E-state index >= 15 is 0 Å². The molecule has 0 aliphatic rings. The number of amides is 2. The minimum Gasteiger partial charge on any atom is -0.497 e. The molecule has 0 bridgehead atoms. The van der Waals surface area contributed by atoms with Crippen LogP contribution in [0.4, 0.5) is 4.79 Å². The summed E-state index contributed by atoms with van der Waals surface area (Å²) in [6.07, 6.45) is 1.66. The molecule has 0 aliphatic carbocycles.